The minimum atomic E-state index is -0.223. The van der Waals surface area contributed by atoms with Gasteiger partial charge in [-0.05, 0) is 57.2 Å². The van der Waals surface area contributed by atoms with Crippen LogP contribution in [-0.4, -0.2) is 54.5 Å². The van der Waals surface area contributed by atoms with Gasteiger partial charge in [0, 0.05) is 18.6 Å². The quantitative estimate of drug-likeness (QED) is 0.609. The lowest BCUT2D eigenvalue weighted by atomic mass is 9.98. The Labute approximate surface area is 197 Å². The Morgan fingerprint density at radius 2 is 1.55 bits per heavy atom. The minimum absolute atomic E-state index is 0.0226. The van der Waals surface area contributed by atoms with Gasteiger partial charge in [0.1, 0.15) is 0 Å². The standard InChI is InChI=1S/C27H36N4O2/c1-19(28-2)26(32)29-22-14-9-15-23-16-17-24(31(23)18-22)27(33)30-25(20-10-5-3-6-11-20)21-12-7-4-8-13-21/h3-8,10-13,19,22-25,28H,9,14-18H2,1-2H3,(H,29,32)(H,30,33)/t19-,22?,23-,24-/m0/s1. The molecule has 2 amide bonds. The SMILES string of the molecule is CN[C@@H](C)C(=O)NC1CCC[C@H]2CC[C@@H](C(=O)NC(c3ccccc3)c3ccccc3)N2C1. The van der Waals surface area contributed by atoms with Crippen molar-refractivity contribution in [3.63, 3.8) is 0 Å². The molecule has 4 atom stereocenters. The van der Waals surface area contributed by atoms with E-state index in [-0.39, 0.29) is 36.0 Å². The van der Waals surface area contributed by atoms with E-state index in [2.05, 4.69) is 45.1 Å². The summed E-state index contributed by atoms with van der Waals surface area (Å²) in [5.74, 6) is 0.0974. The van der Waals surface area contributed by atoms with Crippen LogP contribution in [0.4, 0.5) is 0 Å². The zero-order chi connectivity index (χ0) is 23.2. The van der Waals surface area contributed by atoms with Crippen molar-refractivity contribution >= 4 is 11.8 Å². The Morgan fingerprint density at radius 3 is 2.15 bits per heavy atom. The first-order chi connectivity index (χ1) is 16.1. The lowest BCUT2D eigenvalue weighted by Gasteiger charge is -2.32. The maximum absolute atomic E-state index is 13.6. The van der Waals surface area contributed by atoms with Crippen LogP contribution in [0.15, 0.2) is 60.7 Å². The van der Waals surface area contributed by atoms with Crippen molar-refractivity contribution in [3.05, 3.63) is 71.8 Å². The van der Waals surface area contributed by atoms with Gasteiger partial charge in [-0.1, -0.05) is 60.7 Å². The predicted molar refractivity (Wildman–Crippen MR) is 131 cm³/mol. The number of nitrogens with one attached hydrogen (secondary N) is 3. The number of fused-ring (bicyclic) bond motifs is 1. The van der Waals surface area contributed by atoms with E-state index in [4.69, 9.17) is 0 Å². The smallest absolute Gasteiger partial charge is 0.238 e. The predicted octanol–water partition coefficient (Wildman–Crippen LogP) is 3.00. The van der Waals surface area contributed by atoms with E-state index in [1.807, 2.05) is 43.3 Å². The number of hydrogen-bond donors (Lipinski definition) is 3. The van der Waals surface area contributed by atoms with Crippen LogP contribution in [0.1, 0.15) is 56.2 Å². The zero-order valence-electron chi connectivity index (χ0n) is 19.7. The molecule has 0 radical (unpaired) electrons. The molecule has 6 nitrogen and oxygen atoms in total. The topological polar surface area (TPSA) is 73.5 Å². The summed E-state index contributed by atoms with van der Waals surface area (Å²) in [5, 5.41) is 9.56. The average Bonchev–Trinajstić information content (AvgIpc) is 3.14. The molecule has 0 saturated carbocycles. The summed E-state index contributed by atoms with van der Waals surface area (Å²) in [4.78, 5) is 28.4. The molecule has 6 heteroatoms. The van der Waals surface area contributed by atoms with Crippen molar-refractivity contribution in [2.24, 2.45) is 0 Å². The third kappa shape index (κ3) is 5.63. The number of rotatable bonds is 7. The van der Waals surface area contributed by atoms with Gasteiger partial charge in [-0.3, -0.25) is 14.5 Å². The van der Waals surface area contributed by atoms with E-state index in [1.165, 1.54) is 0 Å². The number of amides is 2. The highest BCUT2D eigenvalue weighted by Crippen LogP contribution is 2.32. The van der Waals surface area contributed by atoms with Crippen LogP contribution in [0.25, 0.3) is 0 Å². The molecule has 2 fully saturated rings. The number of carbonyl (C=O) groups is 2. The van der Waals surface area contributed by atoms with E-state index in [0.717, 1.165) is 49.8 Å². The normalized spacial score (nSPS) is 24.0. The highest BCUT2D eigenvalue weighted by Gasteiger charge is 2.41. The van der Waals surface area contributed by atoms with Gasteiger partial charge in [-0.25, -0.2) is 0 Å². The third-order valence-electron chi connectivity index (χ3n) is 7.19. The van der Waals surface area contributed by atoms with Gasteiger partial charge in [0.2, 0.25) is 11.8 Å². The fourth-order valence-electron chi connectivity index (χ4n) is 5.21. The molecule has 4 rings (SSSR count). The van der Waals surface area contributed by atoms with Crippen molar-refractivity contribution in [2.75, 3.05) is 13.6 Å². The number of likely N-dealkylation sites (N-methyl/N-ethyl adjacent to an activating group) is 1. The van der Waals surface area contributed by atoms with Gasteiger partial charge in [-0.2, -0.15) is 0 Å². The van der Waals surface area contributed by atoms with Gasteiger partial charge in [-0.15, -0.1) is 0 Å². The van der Waals surface area contributed by atoms with E-state index >= 15 is 0 Å². The summed E-state index contributed by atoms with van der Waals surface area (Å²) >= 11 is 0. The molecule has 2 aliphatic rings. The minimum Gasteiger partial charge on any atom is -0.351 e. The first kappa shape index (κ1) is 23.5. The van der Waals surface area contributed by atoms with Gasteiger partial charge >= 0.3 is 0 Å². The molecule has 2 heterocycles. The largest absolute Gasteiger partial charge is 0.351 e. The Bertz CT molecular complexity index is 881. The molecule has 0 bridgehead atoms. The fourth-order valence-corrected chi connectivity index (χ4v) is 5.21. The molecule has 0 aromatic heterocycles. The lowest BCUT2D eigenvalue weighted by Crippen LogP contribution is -2.53. The number of hydrogen-bond acceptors (Lipinski definition) is 4. The fraction of sp³-hybridized carbons (Fsp3) is 0.481. The van der Waals surface area contributed by atoms with E-state index in [1.54, 1.807) is 7.05 Å². The van der Waals surface area contributed by atoms with E-state index in [0.29, 0.717) is 6.04 Å². The summed E-state index contributed by atoms with van der Waals surface area (Å²) in [7, 11) is 1.80. The second-order valence-electron chi connectivity index (χ2n) is 9.35. The molecular formula is C27H36N4O2. The van der Waals surface area contributed by atoms with Crippen molar-refractivity contribution in [3.8, 4) is 0 Å². The molecule has 1 unspecified atom stereocenters. The van der Waals surface area contributed by atoms with Crippen LogP contribution in [0.3, 0.4) is 0 Å². The van der Waals surface area contributed by atoms with Crippen LogP contribution in [-0.2, 0) is 9.59 Å². The number of carbonyl (C=O) groups excluding carboxylic acids is 2. The summed E-state index contributed by atoms with van der Waals surface area (Å²) in [6.07, 6.45) is 5.01. The lowest BCUT2D eigenvalue weighted by molar-refractivity contribution is -0.126. The van der Waals surface area contributed by atoms with Gasteiger partial charge in [0.15, 0.2) is 0 Å². The number of benzene rings is 2. The Morgan fingerprint density at radius 1 is 0.909 bits per heavy atom. The van der Waals surface area contributed by atoms with Gasteiger partial charge < -0.3 is 16.0 Å². The maximum Gasteiger partial charge on any atom is 0.238 e. The Balaban J connectivity index is 1.49. The number of nitrogens with zero attached hydrogens (tertiary/aromatic N) is 1. The molecule has 2 aromatic rings. The highest BCUT2D eigenvalue weighted by atomic mass is 16.2. The van der Waals surface area contributed by atoms with E-state index < -0.39 is 0 Å². The highest BCUT2D eigenvalue weighted by molar-refractivity contribution is 5.83. The van der Waals surface area contributed by atoms with Crippen molar-refractivity contribution in [1.29, 1.82) is 0 Å². The van der Waals surface area contributed by atoms with E-state index in [9.17, 15) is 9.59 Å². The molecule has 3 N–H and O–H groups in total. The van der Waals surface area contributed by atoms with Crippen molar-refractivity contribution < 1.29 is 9.59 Å². The van der Waals surface area contributed by atoms with Crippen molar-refractivity contribution in [2.45, 2.75) is 69.2 Å². The monoisotopic (exact) mass is 448 g/mol. The molecule has 2 saturated heterocycles. The van der Waals surface area contributed by atoms with Gasteiger partial charge in [0.25, 0.3) is 0 Å². The van der Waals surface area contributed by atoms with Crippen LogP contribution < -0.4 is 16.0 Å². The first-order valence-corrected chi connectivity index (χ1v) is 12.2. The Hall–Kier alpha value is -2.70. The summed E-state index contributed by atoms with van der Waals surface area (Å²) < 4.78 is 0. The molecule has 0 aliphatic carbocycles. The maximum atomic E-state index is 13.6. The van der Waals surface area contributed by atoms with Crippen LogP contribution in [0.5, 0.6) is 0 Å². The average molecular weight is 449 g/mol. The van der Waals surface area contributed by atoms with Crippen molar-refractivity contribution in [1.82, 2.24) is 20.9 Å². The summed E-state index contributed by atoms with van der Waals surface area (Å²) in [6, 6.07) is 20.2. The second-order valence-corrected chi connectivity index (χ2v) is 9.35. The third-order valence-corrected chi connectivity index (χ3v) is 7.19. The summed E-state index contributed by atoms with van der Waals surface area (Å²) in [5.41, 5.74) is 2.15. The van der Waals surface area contributed by atoms with Crippen LogP contribution in [0.2, 0.25) is 0 Å². The zero-order valence-corrected chi connectivity index (χ0v) is 19.7. The van der Waals surface area contributed by atoms with Crippen LogP contribution >= 0.6 is 0 Å². The molecule has 0 spiro atoms. The Kier molecular flexibility index (Phi) is 7.78. The first-order valence-electron chi connectivity index (χ1n) is 12.2. The molecule has 33 heavy (non-hydrogen) atoms. The molecule has 176 valence electrons. The van der Waals surface area contributed by atoms with Gasteiger partial charge in [0.05, 0.1) is 18.1 Å². The summed E-state index contributed by atoms with van der Waals surface area (Å²) in [6.45, 7) is 2.60. The van der Waals surface area contributed by atoms with Crippen LogP contribution in [0, 0.1) is 0 Å². The molecule has 2 aliphatic heterocycles. The molecule has 2 aromatic carbocycles. The molecular weight excluding hydrogens is 412 g/mol. The second kappa shape index (κ2) is 10.9.